The van der Waals surface area contributed by atoms with Gasteiger partial charge in [-0.25, -0.2) is 4.79 Å². The number of aryl methyl sites for hydroxylation is 1. The van der Waals surface area contributed by atoms with Crippen LogP contribution < -0.4 is 5.32 Å². The number of anilines is 1. The highest BCUT2D eigenvalue weighted by atomic mass is 79.9. The molecule has 1 N–H and O–H groups in total. The number of carbonyl (C=O) groups excluding carboxylic acids is 2. The van der Waals surface area contributed by atoms with E-state index in [-0.39, 0.29) is 5.91 Å². The van der Waals surface area contributed by atoms with Crippen LogP contribution in [0.25, 0.3) is 0 Å². The largest absolute Gasteiger partial charge is 0.449 e. The maximum Gasteiger partial charge on any atom is 0.339 e. The molecule has 5 heteroatoms. The van der Waals surface area contributed by atoms with Gasteiger partial charge >= 0.3 is 5.97 Å². The molecule has 0 aliphatic carbocycles. The van der Waals surface area contributed by atoms with Crippen LogP contribution in [0.4, 0.5) is 5.69 Å². The van der Waals surface area contributed by atoms with E-state index in [9.17, 15) is 9.59 Å². The summed E-state index contributed by atoms with van der Waals surface area (Å²) in [5.74, 6) is -0.874. The van der Waals surface area contributed by atoms with Crippen molar-refractivity contribution >= 4 is 33.5 Å². The molecule has 114 valence electrons. The van der Waals surface area contributed by atoms with Crippen LogP contribution in [0.15, 0.2) is 53.0 Å². The predicted octanol–water partition coefficient (Wildman–Crippen LogP) is 3.94. The minimum Gasteiger partial charge on any atom is -0.449 e. The summed E-state index contributed by atoms with van der Waals surface area (Å²) < 4.78 is 6.14. The number of nitrogens with one attached hydrogen (secondary N) is 1. The van der Waals surface area contributed by atoms with Crippen molar-refractivity contribution in [1.82, 2.24) is 0 Å². The third-order valence-corrected chi connectivity index (χ3v) is 3.66. The van der Waals surface area contributed by atoms with Crippen molar-refractivity contribution in [3.8, 4) is 0 Å². The van der Waals surface area contributed by atoms with Crippen molar-refractivity contribution in [2.75, 3.05) is 5.32 Å². The van der Waals surface area contributed by atoms with Gasteiger partial charge in [0.25, 0.3) is 5.91 Å². The minimum atomic E-state index is -0.879. The molecule has 0 spiro atoms. The van der Waals surface area contributed by atoms with E-state index in [1.54, 1.807) is 31.2 Å². The Bertz CT molecular complexity index is 683. The number of amides is 1. The van der Waals surface area contributed by atoms with Crippen molar-refractivity contribution in [3.05, 3.63) is 64.1 Å². The van der Waals surface area contributed by atoms with Crippen LogP contribution in [0.3, 0.4) is 0 Å². The molecule has 0 saturated heterocycles. The fraction of sp³-hybridized carbons (Fsp3) is 0.176. The molecule has 0 saturated carbocycles. The zero-order valence-corrected chi connectivity index (χ0v) is 13.9. The Labute approximate surface area is 137 Å². The maximum absolute atomic E-state index is 12.1. The second kappa shape index (κ2) is 7.22. The number of hydrogen-bond donors (Lipinski definition) is 1. The topological polar surface area (TPSA) is 55.4 Å². The van der Waals surface area contributed by atoms with Crippen LogP contribution in [-0.4, -0.2) is 18.0 Å². The smallest absolute Gasteiger partial charge is 0.339 e. The van der Waals surface area contributed by atoms with Crippen LogP contribution in [0.1, 0.15) is 22.8 Å². The Balaban J connectivity index is 1.98. The average Bonchev–Trinajstić information content (AvgIpc) is 2.49. The number of benzene rings is 2. The maximum atomic E-state index is 12.1. The summed E-state index contributed by atoms with van der Waals surface area (Å²) in [6, 6.07) is 14.3. The molecule has 2 aromatic rings. The summed E-state index contributed by atoms with van der Waals surface area (Å²) >= 11 is 3.32. The van der Waals surface area contributed by atoms with Crippen LogP contribution in [-0.2, 0) is 9.53 Å². The van der Waals surface area contributed by atoms with Crippen LogP contribution in [0, 0.1) is 6.92 Å². The molecule has 1 amide bonds. The van der Waals surface area contributed by atoms with Crippen molar-refractivity contribution in [1.29, 1.82) is 0 Å². The SMILES string of the molecule is Cc1ccccc1C(=O)O[C@H](C)C(=O)Nc1ccc(Br)cc1. The number of ether oxygens (including phenoxy) is 1. The Morgan fingerprint density at radius 3 is 2.36 bits per heavy atom. The van der Waals surface area contributed by atoms with Crippen molar-refractivity contribution in [2.45, 2.75) is 20.0 Å². The zero-order valence-electron chi connectivity index (χ0n) is 12.3. The van der Waals surface area contributed by atoms with Gasteiger partial charge in [0.1, 0.15) is 0 Å². The summed E-state index contributed by atoms with van der Waals surface area (Å²) in [4.78, 5) is 24.1. The van der Waals surface area contributed by atoms with Gasteiger partial charge in [-0.15, -0.1) is 0 Å². The molecular formula is C17H16BrNO3. The summed E-state index contributed by atoms with van der Waals surface area (Å²) in [5, 5.41) is 2.70. The van der Waals surface area contributed by atoms with Gasteiger partial charge in [0.2, 0.25) is 0 Å². The normalized spacial score (nSPS) is 11.6. The van der Waals surface area contributed by atoms with Gasteiger partial charge in [-0.05, 0) is 49.7 Å². The van der Waals surface area contributed by atoms with Gasteiger partial charge in [0.05, 0.1) is 5.56 Å². The fourth-order valence-electron chi connectivity index (χ4n) is 1.86. The molecule has 0 fully saturated rings. The van der Waals surface area contributed by atoms with E-state index in [0.717, 1.165) is 10.0 Å². The average molecular weight is 362 g/mol. The quantitative estimate of drug-likeness (QED) is 0.839. The van der Waals surface area contributed by atoms with Crippen LogP contribution in [0.2, 0.25) is 0 Å². The number of hydrogen-bond acceptors (Lipinski definition) is 3. The molecule has 1 atom stereocenters. The lowest BCUT2D eigenvalue weighted by atomic mass is 10.1. The van der Waals surface area contributed by atoms with Crippen LogP contribution in [0.5, 0.6) is 0 Å². The Morgan fingerprint density at radius 1 is 1.09 bits per heavy atom. The van der Waals surface area contributed by atoms with E-state index in [1.807, 2.05) is 31.2 Å². The summed E-state index contributed by atoms with van der Waals surface area (Å²) in [7, 11) is 0. The molecule has 0 aliphatic heterocycles. The van der Waals surface area contributed by atoms with Crippen molar-refractivity contribution in [2.24, 2.45) is 0 Å². The first-order valence-electron chi connectivity index (χ1n) is 6.80. The lowest BCUT2D eigenvalue weighted by molar-refractivity contribution is -0.123. The number of rotatable bonds is 4. The van der Waals surface area contributed by atoms with Crippen molar-refractivity contribution < 1.29 is 14.3 Å². The third kappa shape index (κ3) is 4.18. The van der Waals surface area contributed by atoms with Gasteiger partial charge in [-0.2, -0.15) is 0 Å². The van der Waals surface area contributed by atoms with E-state index >= 15 is 0 Å². The van der Waals surface area contributed by atoms with Gasteiger partial charge in [0.15, 0.2) is 6.10 Å². The number of esters is 1. The molecule has 0 radical (unpaired) electrons. The molecule has 2 rings (SSSR count). The predicted molar refractivity (Wildman–Crippen MR) is 88.8 cm³/mol. The third-order valence-electron chi connectivity index (χ3n) is 3.13. The van der Waals surface area contributed by atoms with E-state index in [2.05, 4.69) is 21.2 Å². The first-order valence-corrected chi connectivity index (χ1v) is 7.59. The first kappa shape index (κ1) is 16.2. The van der Waals surface area contributed by atoms with Crippen molar-refractivity contribution in [3.63, 3.8) is 0 Å². The van der Waals surface area contributed by atoms with Gasteiger partial charge in [-0.1, -0.05) is 34.1 Å². The molecule has 0 aliphatic rings. The highest BCUT2D eigenvalue weighted by Crippen LogP contribution is 2.15. The fourth-order valence-corrected chi connectivity index (χ4v) is 2.12. The molecule has 0 unspecified atom stereocenters. The molecule has 0 heterocycles. The minimum absolute atomic E-state index is 0.371. The lowest BCUT2D eigenvalue weighted by Crippen LogP contribution is -2.30. The van der Waals surface area contributed by atoms with E-state index in [1.165, 1.54) is 0 Å². The second-order valence-corrected chi connectivity index (χ2v) is 5.77. The van der Waals surface area contributed by atoms with Crippen LogP contribution >= 0.6 is 15.9 Å². The van der Waals surface area contributed by atoms with E-state index in [0.29, 0.717) is 11.3 Å². The second-order valence-electron chi connectivity index (χ2n) is 4.86. The highest BCUT2D eigenvalue weighted by molar-refractivity contribution is 9.10. The molecule has 22 heavy (non-hydrogen) atoms. The Hall–Kier alpha value is -2.14. The molecule has 0 bridgehead atoms. The standard InChI is InChI=1S/C17H16BrNO3/c1-11-5-3-4-6-15(11)17(21)22-12(2)16(20)19-14-9-7-13(18)8-10-14/h3-10,12H,1-2H3,(H,19,20)/t12-/m1/s1. The monoisotopic (exact) mass is 361 g/mol. The number of carbonyl (C=O) groups is 2. The van der Waals surface area contributed by atoms with Gasteiger partial charge < -0.3 is 10.1 Å². The summed E-state index contributed by atoms with van der Waals surface area (Å²) in [6.07, 6.45) is -0.879. The first-order chi connectivity index (χ1) is 10.5. The Kier molecular flexibility index (Phi) is 5.33. The van der Waals surface area contributed by atoms with E-state index in [4.69, 9.17) is 4.74 Å². The zero-order chi connectivity index (χ0) is 16.1. The Morgan fingerprint density at radius 2 is 1.73 bits per heavy atom. The summed E-state index contributed by atoms with van der Waals surface area (Å²) in [6.45, 7) is 3.37. The van der Waals surface area contributed by atoms with E-state index < -0.39 is 12.1 Å². The van der Waals surface area contributed by atoms with Gasteiger partial charge in [0, 0.05) is 10.2 Å². The molecule has 4 nitrogen and oxygen atoms in total. The van der Waals surface area contributed by atoms with Gasteiger partial charge in [-0.3, -0.25) is 4.79 Å². The number of halogens is 1. The summed E-state index contributed by atoms with van der Waals surface area (Å²) in [5.41, 5.74) is 1.92. The highest BCUT2D eigenvalue weighted by Gasteiger charge is 2.19. The molecular weight excluding hydrogens is 346 g/mol. The molecule has 0 aromatic heterocycles. The molecule has 2 aromatic carbocycles. The lowest BCUT2D eigenvalue weighted by Gasteiger charge is -2.14.